The van der Waals surface area contributed by atoms with Gasteiger partial charge in [0.1, 0.15) is 12.7 Å². The number of para-hydroxylation sites is 1. The van der Waals surface area contributed by atoms with Crippen LogP contribution in [0.25, 0.3) is 5.69 Å². The maximum atomic E-state index is 10.4. The summed E-state index contributed by atoms with van der Waals surface area (Å²) in [5, 5.41) is 18.4. The number of ether oxygens (including phenoxy) is 1. The number of nitrogens with zero attached hydrogens (tertiary/aromatic N) is 2. The van der Waals surface area contributed by atoms with E-state index in [1.165, 1.54) is 11.1 Å². The molecular formula is C23H27N3O2. The van der Waals surface area contributed by atoms with E-state index in [9.17, 15) is 5.11 Å². The van der Waals surface area contributed by atoms with Gasteiger partial charge in [-0.3, -0.25) is 0 Å². The quantitative estimate of drug-likeness (QED) is 0.664. The van der Waals surface area contributed by atoms with E-state index in [1.54, 1.807) is 4.68 Å². The summed E-state index contributed by atoms with van der Waals surface area (Å²) in [5.41, 5.74) is 4.69. The van der Waals surface area contributed by atoms with E-state index in [0.29, 0.717) is 18.5 Å². The number of aryl methyl sites for hydroxylation is 2. The molecule has 3 aromatic rings. The van der Waals surface area contributed by atoms with Gasteiger partial charge in [0.05, 0.1) is 11.4 Å². The highest BCUT2D eigenvalue weighted by molar-refractivity contribution is 5.35. The molecule has 2 aromatic carbocycles. The zero-order chi connectivity index (χ0) is 19.3. The van der Waals surface area contributed by atoms with Crippen LogP contribution >= 0.6 is 0 Å². The van der Waals surface area contributed by atoms with Crippen LogP contribution in [0.1, 0.15) is 23.2 Å². The largest absolute Gasteiger partial charge is 0.475 e. The Morgan fingerprint density at radius 2 is 1.89 bits per heavy atom. The Morgan fingerprint density at radius 3 is 2.71 bits per heavy atom. The summed E-state index contributed by atoms with van der Waals surface area (Å²) in [7, 11) is 0. The molecule has 1 heterocycles. The second-order valence-corrected chi connectivity index (χ2v) is 7.45. The first-order chi connectivity index (χ1) is 13.7. The van der Waals surface area contributed by atoms with Crippen molar-refractivity contribution < 1.29 is 9.84 Å². The van der Waals surface area contributed by atoms with Gasteiger partial charge in [-0.05, 0) is 49.4 Å². The second kappa shape index (κ2) is 8.59. The highest BCUT2D eigenvalue weighted by Crippen LogP contribution is 2.21. The van der Waals surface area contributed by atoms with Crippen LogP contribution in [0.3, 0.4) is 0 Å². The van der Waals surface area contributed by atoms with Crippen molar-refractivity contribution in [3.05, 3.63) is 77.5 Å². The van der Waals surface area contributed by atoms with Crippen LogP contribution < -0.4 is 10.1 Å². The summed E-state index contributed by atoms with van der Waals surface area (Å²) < 4.78 is 7.65. The number of aromatic nitrogens is 2. The zero-order valence-corrected chi connectivity index (χ0v) is 16.2. The summed E-state index contributed by atoms with van der Waals surface area (Å²) in [6.45, 7) is 2.69. The molecule has 1 aliphatic rings. The molecule has 5 nitrogen and oxygen atoms in total. The Morgan fingerprint density at radius 1 is 1.14 bits per heavy atom. The van der Waals surface area contributed by atoms with E-state index in [4.69, 9.17) is 4.74 Å². The van der Waals surface area contributed by atoms with Gasteiger partial charge in [-0.1, -0.05) is 42.5 Å². The molecule has 4 rings (SSSR count). The van der Waals surface area contributed by atoms with Crippen LogP contribution in [0, 0.1) is 6.92 Å². The first-order valence-electron chi connectivity index (χ1n) is 9.92. The number of benzene rings is 2. The lowest BCUT2D eigenvalue weighted by Crippen LogP contribution is -2.40. The minimum Gasteiger partial charge on any atom is -0.475 e. The smallest absolute Gasteiger partial charge is 0.216 e. The molecule has 0 aliphatic heterocycles. The minimum atomic E-state index is -0.573. The summed E-state index contributed by atoms with van der Waals surface area (Å²) in [6, 6.07) is 20.8. The summed E-state index contributed by atoms with van der Waals surface area (Å²) in [4.78, 5) is 0. The Hall–Kier alpha value is -2.63. The van der Waals surface area contributed by atoms with E-state index in [2.05, 4.69) is 34.7 Å². The normalized spacial score (nSPS) is 17.1. The van der Waals surface area contributed by atoms with Crippen LogP contribution in [-0.2, 0) is 12.8 Å². The third kappa shape index (κ3) is 4.43. The fraction of sp³-hybridized carbons (Fsp3) is 0.348. The molecule has 0 fully saturated rings. The molecule has 0 spiro atoms. The topological polar surface area (TPSA) is 59.3 Å². The van der Waals surface area contributed by atoms with Crippen molar-refractivity contribution >= 4 is 0 Å². The van der Waals surface area contributed by atoms with Crippen LogP contribution in [0.2, 0.25) is 0 Å². The molecule has 2 atom stereocenters. The van der Waals surface area contributed by atoms with Gasteiger partial charge in [0.15, 0.2) is 0 Å². The fourth-order valence-electron chi connectivity index (χ4n) is 3.75. The number of fused-ring (bicyclic) bond motifs is 1. The van der Waals surface area contributed by atoms with Crippen molar-refractivity contribution in [2.24, 2.45) is 0 Å². The lowest BCUT2D eigenvalue weighted by molar-refractivity contribution is 0.0990. The van der Waals surface area contributed by atoms with Crippen molar-refractivity contribution in [3.8, 4) is 11.6 Å². The molecule has 0 radical (unpaired) electrons. The number of aliphatic hydroxyl groups is 1. The third-order valence-electron chi connectivity index (χ3n) is 5.21. The van der Waals surface area contributed by atoms with Crippen LogP contribution in [0.4, 0.5) is 0 Å². The maximum Gasteiger partial charge on any atom is 0.216 e. The van der Waals surface area contributed by atoms with Crippen molar-refractivity contribution in [1.82, 2.24) is 15.1 Å². The molecule has 2 N–H and O–H groups in total. The first-order valence-corrected chi connectivity index (χ1v) is 9.92. The average Bonchev–Trinajstić information content (AvgIpc) is 3.12. The molecule has 0 amide bonds. The first kappa shape index (κ1) is 18.7. The lowest BCUT2D eigenvalue weighted by Gasteiger charge is -2.26. The fourth-order valence-corrected chi connectivity index (χ4v) is 3.75. The van der Waals surface area contributed by atoms with Gasteiger partial charge in [0.2, 0.25) is 5.88 Å². The summed E-state index contributed by atoms with van der Waals surface area (Å²) in [6.07, 6.45) is 2.64. The van der Waals surface area contributed by atoms with Crippen LogP contribution in [0.5, 0.6) is 5.88 Å². The number of hydrogen-bond donors (Lipinski definition) is 2. The molecule has 1 aliphatic carbocycles. The highest BCUT2D eigenvalue weighted by Gasteiger charge is 2.19. The van der Waals surface area contributed by atoms with E-state index in [0.717, 1.165) is 30.6 Å². The predicted molar refractivity (Wildman–Crippen MR) is 110 cm³/mol. The van der Waals surface area contributed by atoms with Crippen molar-refractivity contribution in [1.29, 1.82) is 0 Å². The number of rotatable bonds is 7. The Kier molecular flexibility index (Phi) is 5.74. The monoisotopic (exact) mass is 377 g/mol. The van der Waals surface area contributed by atoms with Gasteiger partial charge in [-0.25, -0.2) is 4.68 Å². The SMILES string of the molecule is Cc1cc(OCC(O)CNC2CCc3ccccc3C2)n(-c2ccccc2)n1. The Bertz CT molecular complexity index is 907. The number of nitrogens with one attached hydrogen (secondary N) is 1. The average molecular weight is 377 g/mol. The van der Waals surface area contributed by atoms with Gasteiger partial charge in [0, 0.05) is 18.7 Å². The number of aliphatic hydroxyl groups excluding tert-OH is 1. The minimum absolute atomic E-state index is 0.230. The van der Waals surface area contributed by atoms with E-state index < -0.39 is 6.10 Å². The van der Waals surface area contributed by atoms with Gasteiger partial charge < -0.3 is 15.2 Å². The predicted octanol–water partition coefficient (Wildman–Crippen LogP) is 3.07. The summed E-state index contributed by atoms with van der Waals surface area (Å²) >= 11 is 0. The summed E-state index contributed by atoms with van der Waals surface area (Å²) in [5.74, 6) is 0.648. The maximum absolute atomic E-state index is 10.4. The Labute approximate surface area is 166 Å². The van der Waals surface area contributed by atoms with E-state index in [1.807, 2.05) is 43.3 Å². The standard InChI is InChI=1S/C23H27N3O2/c1-17-13-23(26(25-17)21-9-3-2-4-10-21)28-16-22(27)15-24-20-12-11-18-7-5-6-8-19(18)14-20/h2-10,13,20,22,24,27H,11-12,14-16H2,1H3. The zero-order valence-electron chi connectivity index (χ0n) is 16.2. The van der Waals surface area contributed by atoms with Gasteiger partial charge in [0.25, 0.3) is 0 Å². The molecule has 2 unspecified atom stereocenters. The van der Waals surface area contributed by atoms with Crippen molar-refractivity contribution in [3.63, 3.8) is 0 Å². The van der Waals surface area contributed by atoms with E-state index in [-0.39, 0.29) is 6.61 Å². The molecule has 0 saturated heterocycles. The van der Waals surface area contributed by atoms with Gasteiger partial charge >= 0.3 is 0 Å². The van der Waals surface area contributed by atoms with Crippen molar-refractivity contribution in [2.75, 3.05) is 13.2 Å². The van der Waals surface area contributed by atoms with Crippen LogP contribution in [-0.4, -0.2) is 40.2 Å². The molecule has 5 heteroatoms. The highest BCUT2D eigenvalue weighted by atomic mass is 16.5. The lowest BCUT2D eigenvalue weighted by atomic mass is 9.88. The molecule has 28 heavy (non-hydrogen) atoms. The second-order valence-electron chi connectivity index (χ2n) is 7.45. The van der Waals surface area contributed by atoms with Gasteiger partial charge in [-0.15, -0.1) is 0 Å². The molecule has 1 aromatic heterocycles. The van der Waals surface area contributed by atoms with Crippen molar-refractivity contribution in [2.45, 2.75) is 38.3 Å². The van der Waals surface area contributed by atoms with Crippen LogP contribution in [0.15, 0.2) is 60.7 Å². The molecule has 146 valence electrons. The van der Waals surface area contributed by atoms with Gasteiger partial charge in [-0.2, -0.15) is 5.10 Å². The Balaban J connectivity index is 1.29. The molecular weight excluding hydrogens is 350 g/mol. The molecule has 0 saturated carbocycles. The number of hydrogen-bond acceptors (Lipinski definition) is 4. The third-order valence-corrected chi connectivity index (χ3v) is 5.21. The van der Waals surface area contributed by atoms with E-state index >= 15 is 0 Å². The molecule has 0 bridgehead atoms.